The van der Waals surface area contributed by atoms with Gasteiger partial charge in [-0.3, -0.25) is 4.79 Å². The first kappa shape index (κ1) is 21.4. The molecule has 32 heavy (non-hydrogen) atoms. The van der Waals surface area contributed by atoms with Crippen LogP contribution in [0.3, 0.4) is 0 Å². The Labute approximate surface area is 185 Å². The van der Waals surface area contributed by atoms with Crippen molar-refractivity contribution in [3.05, 3.63) is 83.1 Å². The van der Waals surface area contributed by atoms with Gasteiger partial charge in [0, 0.05) is 30.3 Å². The van der Waals surface area contributed by atoms with Crippen molar-refractivity contribution in [1.82, 2.24) is 25.3 Å². The molecule has 8 heteroatoms. The summed E-state index contributed by atoms with van der Waals surface area (Å²) in [5, 5.41) is 15.4. The zero-order valence-electron chi connectivity index (χ0n) is 18.2. The summed E-state index contributed by atoms with van der Waals surface area (Å²) in [6.45, 7) is 6.09. The monoisotopic (exact) mass is 433 g/mol. The number of carbonyl (C=O) groups excluding carboxylic acids is 1. The lowest BCUT2D eigenvalue weighted by molar-refractivity contribution is 0.0950. The lowest BCUT2D eigenvalue weighted by Crippen LogP contribution is -2.23. The Morgan fingerprint density at radius 2 is 1.94 bits per heavy atom. The number of amides is 1. The minimum atomic E-state index is -0.347. The van der Waals surface area contributed by atoms with E-state index < -0.39 is 0 Å². The van der Waals surface area contributed by atoms with E-state index in [2.05, 4.69) is 34.5 Å². The lowest BCUT2D eigenvalue weighted by atomic mass is 10.1. The van der Waals surface area contributed by atoms with E-state index in [-0.39, 0.29) is 18.3 Å². The number of hydrogen-bond acceptors (Lipinski definition) is 5. The van der Waals surface area contributed by atoms with Gasteiger partial charge in [-0.25, -0.2) is 9.07 Å². The number of nitrogens with one attached hydrogen (secondary N) is 1. The molecule has 1 amide bonds. The highest BCUT2D eigenvalue weighted by atomic mass is 19.1. The molecular formula is C24H24FN5O2. The van der Waals surface area contributed by atoms with Gasteiger partial charge in [0.25, 0.3) is 11.8 Å². The fraction of sp³-hybridized carbons (Fsp3) is 0.250. The van der Waals surface area contributed by atoms with Gasteiger partial charge >= 0.3 is 0 Å². The van der Waals surface area contributed by atoms with E-state index in [1.54, 1.807) is 48.0 Å². The van der Waals surface area contributed by atoms with Crippen LogP contribution in [0.5, 0.6) is 0 Å². The Bertz CT molecular complexity index is 1240. The molecule has 0 aliphatic rings. The molecule has 2 aromatic carbocycles. The highest BCUT2D eigenvalue weighted by Gasteiger charge is 2.17. The third-order valence-corrected chi connectivity index (χ3v) is 4.90. The fourth-order valence-electron chi connectivity index (χ4n) is 3.41. The average Bonchev–Trinajstić information content (AvgIpc) is 3.39. The second kappa shape index (κ2) is 9.13. The number of rotatable bonds is 7. The number of benzene rings is 2. The van der Waals surface area contributed by atoms with Crippen LogP contribution in [-0.4, -0.2) is 25.9 Å². The number of hydrogen-bond donors (Lipinski definition) is 1. The van der Waals surface area contributed by atoms with Crippen LogP contribution in [0, 0.1) is 18.7 Å². The van der Waals surface area contributed by atoms with Crippen LogP contribution in [0.4, 0.5) is 4.39 Å². The van der Waals surface area contributed by atoms with E-state index >= 15 is 0 Å². The predicted octanol–water partition coefficient (Wildman–Crippen LogP) is 4.50. The van der Waals surface area contributed by atoms with Gasteiger partial charge in [-0.05, 0) is 42.7 Å². The molecule has 0 saturated carbocycles. The first-order chi connectivity index (χ1) is 15.4. The second-order valence-electron chi connectivity index (χ2n) is 7.98. The molecule has 0 saturated heterocycles. The normalized spacial score (nSPS) is 11.2. The molecule has 2 heterocycles. The first-order valence-corrected chi connectivity index (χ1v) is 10.4. The van der Waals surface area contributed by atoms with Gasteiger partial charge in [0.15, 0.2) is 0 Å². The topological polar surface area (TPSA) is 85.8 Å². The zero-order chi connectivity index (χ0) is 22.7. The Morgan fingerprint density at radius 1 is 1.12 bits per heavy atom. The standard InChI is InChI=1S/C24H24FN5O2/c1-15(2)11-20-13-22(24-28-27-16(3)32-24)29-30(20)19-9-6-8-17(12-19)23(31)26-14-18-7-4-5-10-21(18)25/h4-10,12-13,15H,11,14H2,1-3H3,(H,26,31). The number of nitrogens with zero attached hydrogens (tertiary/aromatic N) is 4. The predicted molar refractivity (Wildman–Crippen MR) is 118 cm³/mol. The SMILES string of the molecule is Cc1nnc(-c2cc(CC(C)C)n(-c3cccc(C(=O)NCc4ccccc4F)c3)n2)o1. The Kier molecular flexibility index (Phi) is 6.11. The van der Waals surface area contributed by atoms with E-state index in [9.17, 15) is 9.18 Å². The summed E-state index contributed by atoms with van der Waals surface area (Å²) in [6.07, 6.45) is 0.782. The highest BCUT2D eigenvalue weighted by Crippen LogP contribution is 2.23. The van der Waals surface area contributed by atoms with Crippen molar-refractivity contribution in [3.63, 3.8) is 0 Å². The quantitative estimate of drug-likeness (QED) is 0.464. The first-order valence-electron chi connectivity index (χ1n) is 10.4. The van der Waals surface area contributed by atoms with Crippen molar-refractivity contribution in [2.24, 2.45) is 5.92 Å². The van der Waals surface area contributed by atoms with E-state index in [1.165, 1.54) is 6.07 Å². The van der Waals surface area contributed by atoms with Gasteiger partial charge in [-0.2, -0.15) is 5.10 Å². The van der Waals surface area contributed by atoms with Gasteiger partial charge in [0.1, 0.15) is 11.5 Å². The summed E-state index contributed by atoms with van der Waals surface area (Å²) in [6, 6.07) is 15.5. The van der Waals surface area contributed by atoms with Crippen LogP contribution in [0.25, 0.3) is 17.3 Å². The number of aryl methyl sites for hydroxylation is 1. The molecule has 0 aliphatic carbocycles. The highest BCUT2D eigenvalue weighted by molar-refractivity contribution is 5.94. The molecule has 0 radical (unpaired) electrons. The van der Waals surface area contributed by atoms with Crippen LogP contribution in [0.15, 0.2) is 59.0 Å². The minimum Gasteiger partial charge on any atom is -0.420 e. The molecule has 0 unspecified atom stereocenters. The molecular weight excluding hydrogens is 409 g/mol. The van der Waals surface area contributed by atoms with Crippen molar-refractivity contribution >= 4 is 5.91 Å². The summed E-state index contributed by atoms with van der Waals surface area (Å²) in [7, 11) is 0. The maximum Gasteiger partial charge on any atom is 0.268 e. The van der Waals surface area contributed by atoms with Crippen molar-refractivity contribution in [3.8, 4) is 17.3 Å². The van der Waals surface area contributed by atoms with Crippen LogP contribution < -0.4 is 5.32 Å². The van der Waals surface area contributed by atoms with Gasteiger partial charge in [-0.1, -0.05) is 38.1 Å². The molecule has 0 spiro atoms. The Hall–Kier alpha value is -3.81. The van der Waals surface area contributed by atoms with Crippen molar-refractivity contribution in [2.75, 3.05) is 0 Å². The molecule has 0 atom stereocenters. The fourth-order valence-corrected chi connectivity index (χ4v) is 3.41. The van der Waals surface area contributed by atoms with Gasteiger partial charge in [0.2, 0.25) is 5.89 Å². The number of aromatic nitrogens is 4. The Morgan fingerprint density at radius 3 is 2.66 bits per heavy atom. The van der Waals surface area contributed by atoms with Gasteiger partial charge < -0.3 is 9.73 Å². The van der Waals surface area contributed by atoms with Crippen molar-refractivity contribution in [1.29, 1.82) is 0 Å². The van der Waals surface area contributed by atoms with E-state index in [4.69, 9.17) is 4.42 Å². The minimum absolute atomic E-state index is 0.108. The van der Waals surface area contributed by atoms with Crippen molar-refractivity contribution < 1.29 is 13.6 Å². The zero-order valence-corrected chi connectivity index (χ0v) is 18.2. The van der Waals surface area contributed by atoms with Gasteiger partial charge in [-0.15, -0.1) is 10.2 Å². The molecule has 7 nitrogen and oxygen atoms in total. The number of halogens is 1. The second-order valence-corrected chi connectivity index (χ2v) is 7.98. The molecule has 1 N–H and O–H groups in total. The third kappa shape index (κ3) is 4.74. The van der Waals surface area contributed by atoms with Crippen LogP contribution >= 0.6 is 0 Å². The molecule has 0 bridgehead atoms. The molecule has 0 aliphatic heterocycles. The van der Waals surface area contributed by atoms with Crippen LogP contribution in [0.2, 0.25) is 0 Å². The third-order valence-electron chi connectivity index (χ3n) is 4.90. The summed E-state index contributed by atoms with van der Waals surface area (Å²) in [5.74, 6) is 0.578. The average molecular weight is 433 g/mol. The Balaban J connectivity index is 1.61. The summed E-state index contributed by atoms with van der Waals surface area (Å²) in [5.41, 5.74) is 3.18. The molecule has 4 aromatic rings. The van der Waals surface area contributed by atoms with E-state index in [1.807, 2.05) is 12.1 Å². The van der Waals surface area contributed by atoms with E-state index in [0.717, 1.165) is 17.8 Å². The molecule has 0 fully saturated rings. The maximum absolute atomic E-state index is 13.8. The molecule has 4 rings (SSSR count). The van der Waals surface area contributed by atoms with Crippen LogP contribution in [0.1, 0.15) is 41.4 Å². The van der Waals surface area contributed by atoms with Crippen molar-refractivity contribution in [2.45, 2.75) is 33.7 Å². The number of carbonyl (C=O) groups is 1. The van der Waals surface area contributed by atoms with Crippen LogP contribution in [-0.2, 0) is 13.0 Å². The summed E-state index contributed by atoms with van der Waals surface area (Å²) < 4.78 is 21.2. The molecule has 2 aromatic heterocycles. The maximum atomic E-state index is 13.8. The largest absolute Gasteiger partial charge is 0.420 e. The summed E-state index contributed by atoms with van der Waals surface area (Å²) >= 11 is 0. The summed E-state index contributed by atoms with van der Waals surface area (Å²) in [4.78, 5) is 12.7. The lowest BCUT2D eigenvalue weighted by Gasteiger charge is -2.11. The van der Waals surface area contributed by atoms with E-state index in [0.29, 0.717) is 34.5 Å². The van der Waals surface area contributed by atoms with Gasteiger partial charge in [0.05, 0.1) is 5.69 Å². The molecule has 164 valence electrons. The smallest absolute Gasteiger partial charge is 0.268 e.